The molecule has 12 heteroatoms. The minimum Gasteiger partial charge on any atom is -0.505 e. The number of nitrogens with one attached hydrogen (secondary N) is 1. The molecule has 2 N–H and O–H groups in total. The Morgan fingerprint density at radius 1 is 1.07 bits per heavy atom. The van der Waals surface area contributed by atoms with Crippen LogP contribution in [0, 0.1) is 11.6 Å². The zero-order chi connectivity index (χ0) is 30.4. The molecule has 0 aliphatic rings. The van der Waals surface area contributed by atoms with Crippen molar-refractivity contribution in [3.63, 3.8) is 0 Å². The van der Waals surface area contributed by atoms with Gasteiger partial charge in [-0.05, 0) is 31.0 Å². The lowest BCUT2D eigenvalue weighted by molar-refractivity contribution is -0.150. The highest BCUT2D eigenvalue weighted by molar-refractivity contribution is 5.98. The summed E-state index contributed by atoms with van der Waals surface area (Å²) in [5.41, 5.74) is 0.931. The van der Waals surface area contributed by atoms with Crippen LogP contribution in [0.2, 0.25) is 0 Å². The highest BCUT2D eigenvalue weighted by Crippen LogP contribution is 2.29. The maximum Gasteiger partial charge on any atom is 0.328 e. The lowest BCUT2D eigenvalue weighted by atomic mass is 10.1. The maximum atomic E-state index is 12.9. The van der Waals surface area contributed by atoms with E-state index in [1.54, 1.807) is 13.8 Å². The van der Waals surface area contributed by atoms with E-state index in [0.717, 1.165) is 23.8 Å². The smallest absolute Gasteiger partial charge is 0.328 e. The van der Waals surface area contributed by atoms with Crippen molar-refractivity contribution >= 4 is 17.8 Å². The van der Waals surface area contributed by atoms with Crippen LogP contribution in [0.4, 0.5) is 8.78 Å². The number of hydrogen-bond donors (Lipinski definition) is 2. The first-order valence-electron chi connectivity index (χ1n) is 12.5. The van der Waals surface area contributed by atoms with Crippen LogP contribution >= 0.6 is 0 Å². The number of carbonyl (C=O) groups is 3. The van der Waals surface area contributed by atoms with Crippen LogP contribution in [0.25, 0.3) is 0 Å². The minimum absolute atomic E-state index is 0.00517. The van der Waals surface area contributed by atoms with Crippen LogP contribution in [0.15, 0.2) is 60.8 Å². The number of rotatable bonds is 11. The number of aromatic hydroxyl groups is 1. The van der Waals surface area contributed by atoms with Gasteiger partial charge in [-0.25, -0.2) is 18.6 Å². The van der Waals surface area contributed by atoms with Gasteiger partial charge in [0.1, 0.15) is 18.0 Å². The van der Waals surface area contributed by atoms with Crippen LogP contribution in [0.1, 0.15) is 43.2 Å². The molecule has 2 aromatic carbocycles. The van der Waals surface area contributed by atoms with Crippen molar-refractivity contribution in [3.8, 4) is 17.2 Å². The summed E-state index contributed by atoms with van der Waals surface area (Å²) in [6.07, 6.45) is 1.88. The van der Waals surface area contributed by atoms with E-state index < -0.39 is 48.1 Å². The van der Waals surface area contributed by atoms with E-state index in [9.17, 15) is 23.2 Å². The molecule has 1 heterocycles. The molecule has 0 fully saturated rings. The number of hydrogen-bond acceptors (Lipinski definition) is 9. The van der Waals surface area contributed by atoms with Gasteiger partial charge in [-0.15, -0.1) is 0 Å². The van der Waals surface area contributed by atoms with Gasteiger partial charge < -0.3 is 29.4 Å². The first-order chi connectivity index (χ1) is 19.5. The monoisotopic (exact) mass is 574 g/mol. The third-order valence-corrected chi connectivity index (χ3v) is 5.36. The quantitative estimate of drug-likeness (QED) is 0.253. The second-order valence-electron chi connectivity index (χ2n) is 8.56. The summed E-state index contributed by atoms with van der Waals surface area (Å²) >= 11 is 0. The van der Waals surface area contributed by atoms with Crippen molar-refractivity contribution in [2.75, 3.05) is 13.9 Å². The summed E-state index contributed by atoms with van der Waals surface area (Å²) in [7, 11) is 1.40. The molecule has 0 spiro atoms. The first kappa shape index (κ1) is 32.5. The standard InChI is InChI=1S/C23H28N2O7.C6H4F2O/c1-5-18(23(28)32-15(2)13-17-9-7-6-8-10-17)25-22(27)20-21(31-14-30-16(3)26)19(29-4)11-12-24-20;7-4-1-2-5(8)6(9)3-4/h6-12,15,18H,5,13-14H2,1-4H3,(H,25,27);1-3,9H/t15?,18-;/m0./s1. The molecular formula is C29H32F2N2O8. The molecule has 2 atom stereocenters. The average Bonchev–Trinajstić information content (AvgIpc) is 2.94. The van der Waals surface area contributed by atoms with Gasteiger partial charge in [0.25, 0.3) is 5.91 Å². The molecule has 220 valence electrons. The number of ether oxygens (including phenoxy) is 4. The molecule has 3 rings (SSSR count). The van der Waals surface area contributed by atoms with Crippen molar-refractivity contribution in [1.82, 2.24) is 10.3 Å². The number of pyridine rings is 1. The minimum atomic E-state index is -0.880. The van der Waals surface area contributed by atoms with Gasteiger partial charge in [-0.1, -0.05) is 37.3 Å². The third kappa shape index (κ3) is 10.7. The Labute approximate surface area is 236 Å². The van der Waals surface area contributed by atoms with Crippen LogP contribution in [0.3, 0.4) is 0 Å². The molecular weight excluding hydrogens is 542 g/mol. The van der Waals surface area contributed by atoms with Gasteiger partial charge in [0.05, 0.1) is 7.11 Å². The van der Waals surface area contributed by atoms with Gasteiger partial charge in [0, 0.05) is 31.7 Å². The van der Waals surface area contributed by atoms with Crippen molar-refractivity contribution in [2.45, 2.75) is 45.8 Å². The van der Waals surface area contributed by atoms with E-state index in [1.165, 1.54) is 26.3 Å². The number of amides is 1. The normalized spacial score (nSPS) is 11.7. The Kier molecular flexibility index (Phi) is 13.0. The summed E-state index contributed by atoms with van der Waals surface area (Å²) in [6, 6.07) is 12.8. The second-order valence-corrected chi connectivity index (χ2v) is 8.56. The fourth-order valence-corrected chi connectivity index (χ4v) is 3.37. The zero-order valence-electron chi connectivity index (χ0n) is 23.1. The van der Waals surface area contributed by atoms with Crippen molar-refractivity contribution in [2.24, 2.45) is 0 Å². The lowest BCUT2D eigenvalue weighted by Crippen LogP contribution is -2.43. The average molecular weight is 575 g/mol. The number of phenols is 1. The Morgan fingerprint density at radius 3 is 2.37 bits per heavy atom. The summed E-state index contributed by atoms with van der Waals surface area (Å²) < 4.78 is 45.0. The SMILES string of the molecule is CC[C@H](NC(=O)c1nccc(OC)c1OCOC(C)=O)C(=O)OC(C)Cc1ccccc1.Oc1cc(F)ccc1F. The van der Waals surface area contributed by atoms with Crippen molar-refractivity contribution in [1.29, 1.82) is 0 Å². The molecule has 0 saturated heterocycles. The van der Waals surface area contributed by atoms with Crippen molar-refractivity contribution in [3.05, 3.63) is 83.7 Å². The molecule has 0 bridgehead atoms. The fourth-order valence-electron chi connectivity index (χ4n) is 3.37. The second kappa shape index (κ2) is 16.4. The summed E-state index contributed by atoms with van der Waals surface area (Å²) in [4.78, 5) is 40.5. The van der Waals surface area contributed by atoms with E-state index in [1.807, 2.05) is 30.3 Å². The van der Waals surface area contributed by atoms with Crippen LogP contribution in [-0.4, -0.2) is 54.0 Å². The number of halogens is 2. The van der Waals surface area contributed by atoms with Crippen molar-refractivity contribution < 1.29 is 47.2 Å². The number of benzene rings is 2. The summed E-state index contributed by atoms with van der Waals surface area (Å²) in [6.45, 7) is 4.36. The Bertz CT molecular complexity index is 1310. The zero-order valence-corrected chi connectivity index (χ0v) is 23.1. The predicted octanol–water partition coefficient (Wildman–Crippen LogP) is 4.34. The van der Waals surface area contributed by atoms with E-state index in [-0.39, 0.29) is 23.3 Å². The van der Waals surface area contributed by atoms with Crippen LogP contribution in [-0.2, 0) is 25.5 Å². The molecule has 0 radical (unpaired) electrons. The van der Waals surface area contributed by atoms with Crippen LogP contribution < -0.4 is 14.8 Å². The number of methoxy groups -OCH3 is 1. The van der Waals surface area contributed by atoms with Gasteiger partial charge in [0.15, 0.2) is 28.8 Å². The Morgan fingerprint density at radius 2 is 1.78 bits per heavy atom. The predicted molar refractivity (Wildman–Crippen MR) is 143 cm³/mol. The molecule has 0 aliphatic carbocycles. The molecule has 0 aliphatic heterocycles. The van der Waals surface area contributed by atoms with Gasteiger partial charge in [-0.3, -0.25) is 9.59 Å². The third-order valence-electron chi connectivity index (χ3n) is 5.36. The fraction of sp³-hybridized carbons (Fsp3) is 0.310. The molecule has 1 amide bonds. The molecule has 1 aromatic heterocycles. The highest BCUT2D eigenvalue weighted by atomic mass is 19.1. The summed E-state index contributed by atoms with van der Waals surface area (Å²) in [5.74, 6) is -3.63. The van der Waals surface area contributed by atoms with E-state index in [0.29, 0.717) is 12.8 Å². The van der Waals surface area contributed by atoms with Crippen LogP contribution in [0.5, 0.6) is 17.2 Å². The van der Waals surface area contributed by atoms with Gasteiger partial charge >= 0.3 is 11.9 Å². The first-order valence-corrected chi connectivity index (χ1v) is 12.5. The lowest BCUT2D eigenvalue weighted by Gasteiger charge is -2.20. The molecule has 0 saturated carbocycles. The van der Waals surface area contributed by atoms with Gasteiger partial charge in [0.2, 0.25) is 6.79 Å². The number of phenolic OH excluding ortho intramolecular Hbond substituents is 1. The van der Waals surface area contributed by atoms with E-state index in [4.69, 9.17) is 24.1 Å². The molecule has 1 unspecified atom stereocenters. The van der Waals surface area contributed by atoms with E-state index in [2.05, 4.69) is 10.3 Å². The topological polar surface area (TPSA) is 133 Å². The molecule has 3 aromatic rings. The number of esters is 2. The largest absolute Gasteiger partial charge is 0.505 e. The maximum absolute atomic E-state index is 12.9. The Balaban J connectivity index is 0.000000553. The van der Waals surface area contributed by atoms with Gasteiger partial charge in [-0.2, -0.15) is 0 Å². The number of aromatic nitrogens is 1. The van der Waals surface area contributed by atoms with E-state index >= 15 is 0 Å². The molecule has 10 nitrogen and oxygen atoms in total. The number of nitrogens with zero attached hydrogens (tertiary/aromatic N) is 1. The number of carbonyl (C=O) groups excluding carboxylic acids is 3. The molecule has 41 heavy (non-hydrogen) atoms. The highest BCUT2D eigenvalue weighted by Gasteiger charge is 2.26. The summed E-state index contributed by atoms with van der Waals surface area (Å²) in [5, 5.41) is 11.1. The Hall–Kier alpha value is -4.74.